The van der Waals surface area contributed by atoms with Crippen LogP contribution in [0.3, 0.4) is 0 Å². The van der Waals surface area contributed by atoms with Crippen molar-refractivity contribution in [1.29, 1.82) is 0 Å². The standard InChI is InChI=1S/C15H22N4O2/c1-11(2)17-15(21)18-13-5-3-12(4-6-13)14(20)19-9-7-16-8-10-19/h3-6,11,16H,7-10H2,1-2H3,(H2,17,18,21). The molecule has 1 saturated heterocycles. The molecule has 1 aliphatic rings. The van der Waals surface area contributed by atoms with Gasteiger partial charge in [0.05, 0.1) is 0 Å². The monoisotopic (exact) mass is 290 g/mol. The summed E-state index contributed by atoms with van der Waals surface area (Å²) in [5.41, 5.74) is 1.32. The van der Waals surface area contributed by atoms with Gasteiger partial charge in [0, 0.05) is 43.5 Å². The topological polar surface area (TPSA) is 73.5 Å². The lowest BCUT2D eigenvalue weighted by atomic mass is 10.1. The minimum Gasteiger partial charge on any atom is -0.336 e. The zero-order chi connectivity index (χ0) is 15.2. The minimum atomic E-state index is -0.244. The first kappa shape index (κ1) is 15.3. The van der Waals surface area contributed by atoms with Crippen molar-refractivity contribution in [2.45, 2.75) is 19.9 Å². The summed E-state index contributed by atoms with van der Waals surface area (Å²) in [6.07, 6.45) is 0. The minimum absolute atomic E-state index is 0.0367. The van der Waals surface area contributed by atoms with E-state index >= 15 is 0 Å². The summed E-state index contributed by atoms with van der Waals surface area (Å²) < 4.78 is 0. The number of rotatable bonds is 3. The summed E-state index contributed by atoms with van der Waals surface area (Å²) in [4.78, 5) is 25.7. The van der Waals surface area contributed by atoms with Gasteiger partial charge in [-0.15, -0.1) is 0 Å². The van der Waals surface area contributed by atoms with E-state index in [-0.39, 0.29) is 18.0 Å². The molecule has 1 aromatic carbocycles. The molecule has 0 atom stereocenters. The zero-order valence-corrected chi connectivity index (χ0v) is 12.5. The number of anilines is 1. The molecule has 6 nitrogen and oxygen atoms in total. The maximum atomic E-state index is 12.3. The Morgan fingerprint density at radius 2 is 1.76 bits per heavy atom. The predicted molar refractivity (Wildman–Crippen MR) is 82.5 cm³/mol. The average molecular weight is 290 g/mol. The van der Waals surface area contributed by atoms with Crippen LogP contribution in [-0.4, -0.2) is 49.1 Å². The van der Waals surface area contributed by atoms with Crippen LogP contribution in [0.4, 0.5) is 10.5 Å². The van der Waals surface area contributed by atoms with Crippen molar-refractivity contribution in [3.05, 3.63) is 29.8 Å². The highest BCUT2D eigenvalue weighted by atomic mass is 16.2. The molecule has 0 aromatic heterocycles. The maximum Gasteiger partial charge on any atom is 0.319 e. The first-order chi connectivity index (χ1) is 10.1. The Labute approximate surface area is 124 Å². The predicted octanol–water partition coefficient (Wildman–Crippen LogP) is 1.26. The second kappa shape index (κ2) is 7.08. The second-order valence-electron chi connectivity index (χ2n) is 5.37. The van der Waals surface area contributed by atoms with Crippen molar-refractivity contribution >= 4 is 17.6 Å². The Hall–Kier alpha value is -2.08. The largest absolute Gasteiger partial charge is 0.336 e. The highest BCUT2D eigenvalue weighted by Crippen LogP contribution is 2.12. The van der Waals surface area contributed by atoms with Crippen molar-refractivity contribution in [2.75, 3.05) is 31.5 Å². The molecule has 0 bridgehead atoms. The van der Waals surface area contributed by atoms with E-state index in [0.717, 1.165) is 26.2 Å². The fourth-order valence-corrected chi connectivity index (χ4v) is 2.18. The van der Waals surface area contributed by atoms with E-state index in [1.807, 2.05) is 18.7 Å². The molecule has 0 saturated carbocycles. The summed E-state index contributed by atoms with van der Waals surface area (Å²) in [5, 5.41) is 8.70. The van der Waals surface area contributed by atoms with Gasteiger partial charge >= 0.3 is 6.03 Å². The maximum absolute atomic E-state index is 12.3. The van der Waals surface area contributed by atoms with Gasteiger partial charge in [0.25, 0.3) is 5.91 Å². The number of amides is 3. The van der Waals surface area contributed by atoms with Crippen LogP contribution in [0.1, 0.15) is 24.2 Å². The van der Waals surface area contributed by atoms with Crippen molar-refractivity contribution in [3.8, 4) is 0 Å². The molecule has 2 rings (SSSR count). The number of carbonyl (C=O) groups excluding carboxylic acids is 2. The average Bonchev–Trinajstić information content (AvgIpc) is 2.47. The molecule has 1 aromatic rings. The highest BCUT2D eigenvalue weighted by Gasteiger charge is 2.17. The Balaban J connectivity index is 1.95. The fourth-order valence-electron chi connectivity index (χ4n) is 2.18. The second-order valence-corrected chi connectivity index (χ2v) is 5.37. The van der Waals surface area contributed by atoms with Gasteiger partial charge in [-0.05, 0) is 38.1 Å². The van der Waals surface area contributed by atoms with Crippen molar-refractivity contribution < 1.29 is 9.59 Å². The number of nitrogens with zero attached hydrogens (tertiary/aromatic N) is 1. The van der Waals surface area contributed by atoms with Crippen LogP contribution in [0.5, 0.6) is 0 Å². The van der Waals surface area contributed by atoms with Crippen molar-refractivity contribution in [2.24, 2.45) is 0 Å². The van der Waals surface area contributed by atoms with E-state index in [0.29, 0.717) is 11.3 Å². The van der Waals surface area contributed by atoms with E-state index in [1.165, 1.54) is 0 Å². The Morgan fingerprint density at radius 1 is 1.14 bits per heavy atom. The third-order valence-corrected chi connectivity index (χ3v) is 3.21. The molecule has 6 heteroatoms. The molecule has 21 heavy (non-hydrogen) atoms. The highest BCUT2D eigenvalue weighted by molar-refractivity contribution is 5.95. The number of urea groups is 1. The Kier molecular flexibility index (Phi) is 5.16. The van der Waals surface area contributed by atoms with Gasteiger partial charge in [0.1, 0.15) is 0 Å². The van der Waals surface area contributed by atoms with E-state index < -0.39 is 0 Å². The van der Waals surface area contributed by atoms with E-state index in [4.69, 9.17) is 0 Å². The first-order valence-electron chi connectivity index (χ1n) is 7.24. The lowest BCUT2D eigenvalue weighted by molar-refractivity contribution is 0.0736. The number of hydrogen-bond acceptors (Lipinski definition) is 3. The van der Waals surface area contributed by atoms with Gasteiger partial charge in [-0.25, -0.2) is 4.79 Å². The van der Waals surface area contributed by atoms with Gasteiger partial charge < -0.3 is 20.9 Å². The third-order valence-electron chi connectivity index (χ3n) is 3.21. The molecular formula is C15H22N4O2. The van der Waals surface area contributed by atoms with Gasteiger partial charge in [0.15, 0.2) is 0 Å². The van der Waals surface area contributed by atoms with Crippen molar-refractivity contribution in [1.82, 2.24) is 15.5 Å². The first-order valence-corrected chi connectivity index (χ1v) is 7.24. The molecule has 1 heterocycles. The van der Waals surface area contributed by atoms with Gasteiger partial charge in [0.2, 0.25) is 0 Å². The summed E-state index contributed by atoms with van der Waals surface area (Å²) in [6, 6.07) is 6.82. The zero-order valence-electron chi connectivity index (χ0n) is 12.5. The van der Waals surface area contributed by atoms with Crippen LogP contribution in [0, 0.1) is 0 Å². The summed E-state index contributed by atoms with van der Waals surface area (Å²) >= 11 is 0. The summed E-state index contributed by atoms with van der Waals surface area (Å²) in [5.74, 6) is 0.0367. The van der Waals surface area contributed by atoms with Crippen LogP contribution in [-0.2, 0) is 0 Å². The SMILES string of the molecule is CC(C)NC(=O)Nc1ccc(C(=O)N2CCNCC2)cc1. The van der Waals surface area contributed by atoms with Crippen LogP contribution in [0.2, 0.25) is 0 Å². The van der Waals surface area contributed by atoms with Crippen LogP contribution in [0.25, 0.3) is 0 Å². The summed E-state index contributed by atoms with van der Waals surface area (Å²) in [6.45, 7) is 6.93. The third kappa shape index (κ3) is 4.46. The van der Waals surface area contributed by atoms with Crippen molar-refractivity contribution in [3.63, 3.8) is 0 Å². The molecule has 3 amide bonds. The molecule has 1 aliphatic heterocycles. The lowest BCUT2D eigenvalue weighted by Gasteiger charge is -2.27. The van der Waals surface area contributed by atoms with E-state index in [9.17, 15) is 9.59 Å². The molecular weight excluding hydrogens is 268 g/mol. The van der Waals surface area contributed by atoms with Gasteiger partial charge in [-0.3, -0.25) is 4.79 Å². The van der Waals surface area contributed by atoms with Crippen LogP contribution < -0.4 is 16.0 Å². The molecule has 114 valence electrons. The number of piperazine rings is 1. The quantitative estimate of drug-likeness (QED) is 0.784. The molecule has 0 radical (unpaired) electrons. The summed E-state index contributed by atoms with van der Waals surface area (Å²) in [7, 11) is 0. The van der Waals surface area contributed by atoms with E-state index in [1.54, 1.807) is 24.3 Å². The van der Waals surface area contributed by atoms with Crippen LogP contribution >= 0.6 is 0 Å². The Bertz CT molecular complexity index is 493. The number of carbonyl (C=O) groups is 2. The van der Waals surface area contributed by atoms with E-state index in [2.05, 4.69) is 16.0 Å². The molecule has 1 fully saturated rings. The normalized spacial score (nSPS) is 14.9. The Morgan fingerprint density at radius 3 is 2.33 bits per heavy atom. The number of hydrogen-bond donors (Lipinski definition) is 3. The molecule has 0 aliphatic carbocycles. The fraction of sp³-hybridized carbons (Fsp3) is 0.467. The molecule has 3 N–H and O–H groups in total. The number of nitrogens with one attached hydrogen (secondary N) is 3. The van der Waals surface area contributed by atoms with Gasteiger partial charge in [-0.2, -0.15) is 0 Å². The number of benzene rings is 1. The lowest BCUT2D eigenvalue weighted by Crippen LogP contribution is -2.46. The molecule has 0 spiro atoms. The smallest absolute Gasteiger partial charge is 0.319 e. The van der Waals surface area contributed by atoms with Gasteiger partial charge in [-0.1, -0.05) is 0 Å². The van der Waals surface area contributed by atoms with Crippen LogP contribution in [0.15, 0.2) is 24.3 Å². The molecule has 0 unspecified atom stereocenters.